The van der Waals surface area contributed by atoms with Gasteiger partial charge in [0.2, 0.25) is 0 Å². The van der Waals surface area contributed by atoms with Crippen LogP contribution < -0.4 is 0 Å². The predicted octanol–water partition coefficient (Wildman–Crippen LogP) is 2.28. The quantitative estimate of drug-likeness (QED) is 0.923. The summed E-state index contributed by atoms with van der Waals surface area (Å²) < 4.78 is 11.7. The van der Waals surface area contributed by atoms with Gasteiger partial charge in [0.05, 0.1) is 25.2 Å². The second-order valence-corrected chi connectivity index (χ2v) is 5.19. The molecule has 0 spiro atoms. The molecule has 1 fully saturated rings. The largest absolute Gasteiger partial charge is 0.481 e. The molecule has 0 radical (unpaired) electrons. The number of morpholine rings is 1. The number of carboxylic acids is 1. The van der Waals surface area contributed by atoms with Crippen LogP contribution in [-0.4, -0.2) is 41.8 Å². The third-order valence-corrected chi connectivity index (χ3v) is 3.55. The zero-order valence-electron chi connectivity index (χ0n) is 10.1. The van der Waals surface area contributed by atoms with Crippen LogP contribution in [-0.2, 0) is 9.53 Å². The maximum absolute atomic E-state index is 10.7. The molecule has 2 rings (SSSR count). The Morgan fingerprint density at radius 1 is 1.67 bits per heavy atom. The van der Waals surface area contributed by atoms with E-state index in [-0.39, 0.29) is 18.6 Å². The zero-order valence-corrected chi connectivity index (χ0v) is 11.7. The molecule has 100 valence electrons. The fourth-order valence-electron chi connectivity index (χ4n) is 2.14. The first kappa shape index (κ1) is 13.6. The molecule has 0 saturated carbocycles. The van der Waals surface area contributed by atoms with Crippen LogP contribution in [0.4, 0.5) is 0 Å². The first-order valence-corrected chi connectivity index (χ1v) is 6.68. The number of halogens is 1. The summed E-state index contributed by atoms with van der Waals surface area (Å²) in [6.07, 6.45) is -0.192. The summed E-state index contributed by atoms with van der Waals surface area (Å²) in [6, 6.07) is 3.91. The number of hydrogen-bond acceptors (Lipinski definition) is 4. The van der Waals surface area contributed by atoms with Crippen molar-refractivity contribution in [1.29, 1.82) is 0 Å². The number of nitrogens with zero attached hydrogens (tertiary/aromatic N) is 1. The van der Waals surface area contributed by atoms with Gasteiger partial charge in [0.15, 0.2) is 4.67 Å². The van der Waals surface area contributed by atoms with Crippen LogP contribution in [0, 0.1) is 0 Å². The fourth-order valence-corrected chi connectivity index (χ4v) is 2.46. The molecule has 18 heavy (non-hydrogen) atoms. The van der Waals surface area contributed by atoms with E-state index in [1.165, 1.54) is 0 Å². The number of aliphatic carboxylic acids is 1. The van der Waals surface area contributed by atoms with Crippen LogP contribution in [0.5, 0.6) is 0 Å². The highest BCUT2D eigenvalue weighted by Crippen LogP contribution is 2.26. The van der Waals surface area contributed by atoms with Crippen molar-refractivity contribution in [1.82, 2.24) is 4.90 Å². The SMILES string of the molecule is CC(c1ccc(Br)o1)N1CCOC(CC(=O)O)C1. The molecule has 2 atom stereocenters. The van der Waals surface area contributed by atoms with Crippen LogP contribution in [0.25, 0.3) is 0 Å². The van der Waals surface area contributed by atoms with Gasteiger partial charge in [-0.25, -0.2) is 0 Å². The second-order valence-electron chi connectivity index (χ2n) is 4.40. The van der Waals surface area contributed by atoms with E-state index in [1.807, 2.05) is 12.1 Å². The van der Waals surface area contributed by atoms with Crippen molar-refractivity contribution < 1.29 is 19.1 Å². The van der Waals surface area contributed by atoms with E-state index >= 15 is 0 Å². The molecule has 0 aliphatic carbocycles. The normalized spacial score (nSPS) is 22.9. The Labute approximate surface area is 114 Å². The first-order valence-electron chi connectivity index (χ1n) is 5.89. The van der Waals surface area contributed by atoms with Crippen LogP contribution in [0.2, 0.25) is 0 Å². The average Bonchev–Trinajstić information content (AvgIpc) is 2.74. The molecule has 2 unspecified atom stereocenters. The number of rotatable bonds is 4. The number of carboxylic acid groups (broad SMARTS) is 1. The van der Waals surface area contributed by atoms with Gasteiger partial charge in [0.1, 0.15) is 5.76 Å². The molecule has 0 bridgehead atoms. The van der Waals surface area contributed by atoms with Gasteiger partial charge >= 0.3 is 5.97 Å². The molecule has 0 aromatic carbocycles. The Kier molecular flexibility index (Phi) is 4.42. The summed E-state index contributed by atoms with van der Waals surface area (Å²) >= 11 is 3.28. The maximum atomic E-state index is 10.7. The van der Waals surface area contributed by atoms with Crippen LogP contribution in [0.3, 0.4) is 0 Å². The molecule has 0 amide bonds. The summed E-state index contributed by atoms with van der Waals surface area (Å²) in [5, 5.41) is 8.79. The van der Waals surface area contributed by atoms with Gasteiger partial charge in [-0.2, -0.15) is 0 Å². The average molecular weight is 318 g/mol. The number of furan rings is 1. The molecule has 1 aromatic rings. The van der Waals surface area contributed by atoms with E-state index in [0.717, 1.165) is 12.3 Å². The van der Waals surface area contributed by atoms with Gasteiger partial charge in [-0.3, -0.25) is 9.69 Å². The Hall–Kier alpha value is -0.850. The molecule has 5 nitrogen and oxygen atoms in total. The van der Waals surface area contributed by atoms with Gasteiger partial charge in [0.25, 0.3) is 0 Å². The van der Waals surface area contributed by atoms with Crippen molar-refractivity contribution in [3.05, 3.63) is 22.6 Å². The van der Waals surface area contributed by atoms with E-state index < -0.39 is 5.97 Å². The van der Waals surface area contributed by atoms with Gasteiger partial charge in [-0.05, 0) is 35.0 Å². The fraction of sp³-hybridized carbons (Fsp3) is 0.583. The van der Waals surface area contributed by atoms with Crippen molar-refractivity contribution in [2.24, 2.45) is 0 Å². The van der Waals surface area contributed by atoms with Gasteiger partial charge in [-0.1, -0.05) is 0 Å². The smallest absolute Gasteiger partial charge is 0.306 e. The summed E-state index contributed by atoms with van der Waals surface area (Å²) in [6.45, 7) is 4.01. The van der Waals surface area contributed by atoms with Crippen molar-refractivity contribution >= 4 is 21.9 Å². The molecule has 1 aliphatic rings. The molecule has 1 aromatic heterocycles. The minimum atomic E-state index is -0.824. The van der Waals surface area contributed by atoms with E-state index in [4.69, 9.17) is 14.3 Å². The van der Waals surface area contributed by atoms with Crippen molar-refractivity contribution in [2.45, 2.75) is 25.5 Å². The van der Waals surface area contributed by atoms with E-state index in [2.05, 4.69) is 27.8 Å². The molecule has 6 heteroatoms. The highest BCUT2D eigenvalue weighted by Gasteiger charge is 2.27. The number of carbonyl (C=O) groups is 1. The van der Waals surface area contributed by atoms with Gasteiger partial charge in [0, 0.05) is 13.1 Å². The second kappa shape index (κ2) is 5.86. The lowest BCUT2D eigenvalue weighted by Crippen LogP contribution is -2.44. The Bertz CT molecular complexity index is 420. The molecule has 1 saturated heterocycles. The molecular weight excluding hydrogens is 302 g/mol. The molecular formula is C12H16BrNO4. The summed E-state index contributed by atoms with van der Waals surface area (Å²) in [7, 11) is 0. The maximum Gasteiger partial charge on any atom is 0.306 e. The first-order chi connectivity index (χ1) is 8.56. The van der Waals surface area contributed by atoms with Crippen molar-refractivity contribution in [2.75, 3.05) is 19.7 Å². The molecule has 1 aliphatic heterocycles. The summed E-state index contributed by atoms with van der Waals surface area (Å²) in [5.41, 5.74) is 0. The summed E-state index contributed by atoms with van der Waals surface area (Å²) in [4.78, 5) is 12.9. The van der Waals surface area contributed by atoms with Crippen molar-refractivity contribution in [3.8, 4) is 0 Å². The lowest BCUT2D eigenvalue weighted by atomic mass is 10.1. The molecule has 2 heterocycles. The van der Waals surface area contributed by atoms with Crippen molar-refractivity contribution in [3.63, 3.8) is 0 Å². The van der Waals surface area contributed by atoms with Crippen LogP contribution in [0.15, 0.2) is 21.2 Å². The lowest BCUT2D eigenvalue weighted by Gasteiger charge is -2.35. The highest BCUT2D eigenvalue weighted by atomic mass is 79.9. The van der Waals surface area contributed by atoms with E-state index in [0.29, 0.717) is 17.8 Å². The van der Waals surface area contributed by atoms with Crippen LogP contribution in [0.1, 0.15) is 25.1 Å². The van der Waals surface area contributed by atoms with Crippen LogP contribution >= 0.6 is 15.9 Å². The third-order valence-electron chi connectivity index (χ3n) is 3.13. The summed E-state index contributed by atoms with van der Waals surface area (Å²) in [5.74, 6) is 0.0492. The third kappa shape index (κ3) is 3.34. The number of ether oxygens (including phenoxy) is 1. The minimum absolute atomic E-state index is 0.0467. The zero-order chi connectivity index (χ0) is 13.1. The molecule has 1 N–H and O–H groups in total. The lowest BCUT2D eigenvalue weighted by molar-refractivity contribution is -0.142. The minimum Gasteiger partial charge on any atom is -0.481 e. The van der Waals surface area contributed by atoms with Gasteiger partial charge < -0.3 is 14.3 Å². The van der Waals surface area contributed by atoms with E-state index in [9.17, 15) is 4.79 Å². The topological polar surface area (TPSA) is 62.9 Å². The predicted molar refractivity (Wildman–Crippen MR) is 68.4 cm³/mol. The Morgan fingerprint density at radius 2 is 2.44 bits per heavy atom. The highest BCUT2D eigenvalue weighted by molar-refractivity contribution is 9.10. The van der Waals surface area contributed by atoms with Gasteiger partial charge in [-0.15, -0.1) is 0 Å². The van der Waals surface area contributed by atoms with E-state index in [1.54, 1.807) is 0 Å². The number of hydrogen-bond donors (Lipinski definition) is 1. The standard InChI is InChI=1S/C12H16BrNO4/c1-8(10-2-3-11(13)18-10)14-4-5-17-9(7-14)6-12(15)16/h2-3,8-9H,4-7H2,1H3,(H,15,16). The monoisotopic (exact) mass is 317 g/mol. The Balaban J connectivity index is 1.97. The Morgan fingerprint density at radius 3 is 3.06 bits per heavy atom.